The molecule has 0 fully saturated rings. The van der Waals surface area contributed by atoms with E-state index in [1.54, 1.807) is 6.92 Å². The molecule has 5 rings (SSSR count). The first kappa shape index (κ1) is 30.3. The molecule has 0 bridgehead atoms. The van der Waals surface area contributed by atoms with Gasteiger partial charge >= 0.3 is 12.4 Å². The van der Waals surface area contributed by atoms with Gasteiger partial charge in [-0.1, -0.05) is 19.1 Å². The highest BCUT2D eigenvalue weighted by atomic mass is 19.4. The highest BCUT2D eigenvalue weighted by Crippen LogP contribution is 2.38. The first-order valence-electron chi connectivity index (χ1n) is 13.4. The Labute approximate surface area is 241 Å². The monoisotopic (exact) mass is 609 g/mol. The molecule has 0 unspecified atom stereocenters. The van der Waals surface area contributed by atoms with Crippen LogP contribution in [-0.2, 0) is 43.2 Å². The van der Waals surface area contributed by atoms with Crippen molar-refractivity contribution in [2.24, 2.45) is 5.92 Å². The number of rotatable bonds is 3. The Kier molecular flexibility index (Phi) is 7.64. The summed E-state index contributed by atoms with van der Waals surface area (Å²) >= 11 is 0. The average molecular weight is 610 g/mol. The van der Waals surface area contributed by atoms with Crippen LogP contribution in [0, 0.1) is 11.7 Å². The van der Waals surface area contributed by atoms with Crippen LogP contribution in [0.4, 0.5) is 30.7 Å². The van der Waals surface area contributed by atoms with E-state index in [0.29, 0.717) is 34.4 Å². The third kappa shape index (κ3) is 5.89. The van der Waals surface area contributed by atoms with Crippen molar-refractivity contribution in [1.82, 2.24) is 14.4 Å². The van der Waals surface area contributed by atoms with E-state index < -0.39 is 53.2 Å². The molecule has 0 saturated carbocycles. The van der Waals surface area contributed by atoms with E-state index in [0.717, 1.165) is 4.90 Å². The summed E-state index contributed by atoms with van der Waals surface area (Å²) in [5.74, 6) is -1.99. The molecule has 228 valence electrons. The van der Waals surface area contributed by atoms with Crippen LogP contribution in [0.2, 0.25) is 0 Å². The maximum Gasteiger partial charge on any atom is 0.416 e. The van der Waals surface area contributed by atoms with Crippen LogP contribution in [0.5, 0.6) is 0 Å². The van der Waals surface area contributed by atoms with Gasteiger partial charge in [0, 0.05) is 44.2 Å². The molecule has 1 aromatic heterocycles. The summed E-state index contributed by atoms with van der Waals surface area (Å²) in [6.07, 6.45) is -9.92. The molecule has 0 aliphatic carbocycles. The summed E-state index contributed by atoms with van der Waals surface area (Å²) in [5, 5.41) is 0. The second-order valence-corrected chi connectivity index (χ2v) is 11.0. The van der Waals surface area contributed by atoms with E-state index in [2.05, 4.69) is 0 Å². The molecule has 2 aliphatic rings. The third-order valence-corrected chi connectivity index (χ3v) is 7.77. The standard InChI is InChI=1S/C30H26F7N3O3/c1-16-12-39(14-18-9-20(29(32,33)34)11-21(10-18)30(35,36)37)28(43)26-25(19-3-5-22(31)6-4-19)23-7-8-38(17(2)41)15-24(23)27(42)40(26)13-16/h3-6,9-11,16H,7-8,12-15H2,1-2H3/t16-/m0/s1. The van der Waals surface area contributed by atoms with Gasteiger partial charge in [-0.3, -0.25) is 14.4 Å². The molecule has 13 heteroatoms. The SMILES string of the molecule is CC(=O)N1CCc2c(-c3ccc(F)cc3)c3n(c(=O)c2C1)C[C@@H](C)CN(Cc1cc(C(F)(F)F)cc(C(F)(F)F)c1)C3=O. The highest BCUT2D eigenvalue weighted by Gasteiger charge is 2.39. The molecule has 6 nitrogen and oxygen atoms in total. The van der Waals surface area contributed by atoms with Gasteiger partial charge < -0.3 is 14.4 Å². The van der Waals surface area contributed by atoms with Crippen molar-refractivity contribution in [3.8, 4) is 11.1 Å². The van der Waals surface area contributed by atoms with E-state index in [1.807, 2.05) is 0 Å². The van der Waals surface area contributed by atoms with Gasteiger partial charge in [0.2, 0.25) is 5.91 Å². The van der Waals surface area contributed by atoms with E-state index >= 15 is 0 Å². The van der Waals surface area contributed by atoms with Gasteiger partial charge in [-0.05, 0) is 59.4 Å². The Hall–Kier alpha value is -4.16. The van der Waals surface area contributed by atoms with Gasteiger partial charge in [0.05, 0.1) is 17.7 Å². The number of benzene rings is 2. The minimum Gasteiger partial charge on any atom is -0.338 e. The topological polar surface area (TPSA) is 62.6 Å². The molecule has 0 N–H and O–H groups in total. The number of halogens is 7. The predicted molar refractivity (Wildman–Crippen MR) is 141 cm³/mol. The summed E-state index contributed by atoms with van der Waals surface area (Å²) in [7, 11) is 0. The minimum atomic E-state index is -5.06. The molecule has 43 heavy (non-hydrogen) atoms. The number of aromatic nitrogens is 1. The van der Waals surface area contributed by atoms with Crippen LogP contribution in [0.15, 0.2) is 47.3 Å². The first-order valence-corrected chi connectivity index (χ1v) is 13.4. The molecule has 0 saturated heterocycles. The fourth-order valence-electron chi connectivity index (χ4n) is 5.82. The van der Waals surface area contributed by atoms with E-state index in [9.17, 15) is 45.1 Å². The number of pyridine rings is 1. The molecule has 3 heterocycles. The van der Waals surface area contributed by atoms with Crippen molar-refractivity contribution >= 4 is 11.8 Å². The molecular formula is C30H26F7N3O3. The number of fused-ring (bicyclic) bond motifs is 2. The molecule has 2 aliphatic heterocycles. The Balaban J connectivity index is 1.69. The van der Waals surface area contributed by atoms with E-state index in [1.165, 1.54) is 40.7 Å². The summed E-state index contributed by atoms with van der Waals surface area (Å²) in [6, 6.07) is 6.40. The smallest absolute Gasteiger partial charge is 0.338 e. The van der Waals surface area contributed by atoms with Gasteiger partial charge in [0.1, 0.15) is 11.5 Å². The van der Waals surface area contributed by atoms with Crippen LogP contribution in [0.1, 0.15) is 52.2 Å². The fourth-order valence-corrected chi connectivity index (χ4v) is 5.82. The molecule has 1 atom stereocenters. The van der Waals surface area contributed by atoms with Crippen molar-refractivity contribution in [1.29, 1.82) is 0 Å². The number of carbonyl (C=O) groups is 2. The lowest BCUT2D eigenvalue weighted by atomic mass is 9.89. The van der Waals surface area contributed by atoms with Crippen molar-refractivity contribution in [2.45, 2.75) is 52.3 Å². The van der Waals surface area contributed by atoms with Crippen molar-refractivity contribution in [3.63, 3.8) is 0 Å². The molecule has 0 radical (unpaired) electrons. The lowest BCUT2D eigenvalue weighted by molar-refractivity contribution is -0.143. The minimum absolute atomic E-state index is 0.00524. The van der Waals surface area contributed by atoms with Gasteiger partial charge in [0.15, 0.2) is 0 Å². The zero-order valence-electron chi connectivity index (χ0n) is 23.1. The predicted octanol–water partition coefficient (Wildman–Crippen LogP) is 5.89. The summed E-state index contributed by atoms with van der Waals surface area (Å²) in [4.78, 5) is 42.8. The van der Waals surface area contributed by atoms with Gasteiger partial charge in [-0.15, -0.1) is 0 Å². The van der Waals surface area contributed by atoms with Gasteiger partial charge in [-0.25, -0.2) is 4.39 Å². The summed E-state index contributed by atoms with van der Waals surface area (Å²) in [5.41, 5.74) is -2.47. The Morgan fingerprint density at radius 1 is 0.907 bits per heavy atom. The number of hydrogen-bond acceptors (Lipinski definition) is 3. The number of amides is 2. The first-order chi connectivity index (χ1) is 20.0. The van der Waals surface area contributed by atoms with Crippen LogP contribution in [-0.4, -0.2) is 39.3 Å². The summed E-state index contributed by atoms with van der Waals surface area (Å²) in [6.45, 7) is 2.69. The summed E-state index contributed by atoms with van der Waals surface area (Å²) < 4.78 is 96.3. The average Bonchev–Trinajstić information content (AvgIpc) is 3.04. The lowest BCUT2D eigenvalue weighted by Gasteiger charge is -2.31. The molecule has 3 aromatic rings. The molecule has 2 amide bonds. The zero-order chi connectivity index (χ0) is 31.4. The lowest BCUT2D eigenvalue weighted by Crippen LogP contribution is -2.41. The second-order valence-electron chi connectivity index (χ2n) is 11.0. The number of alkyl halides is 6. The second kappa shape index (κ2) is 10.8. The van der Waals surface area contributed by atoms with Crippen LogP contribution in [0.3, 0.4) is 0 Å². The molecule has 0 spiro atoms. The normalized spacial score (nSPS) is 17.4. The Morgan fingerprint density at radius 3 is 2.07 bits per heavy atom. The maximum absolute atomic E-state index is 14.2. The fraction of sp³-hybridized carbons (Fsp3) is 0.367. The van der Waals surface area contributed by atoms with Gasteiger partial charge in [0.25, 0.3) is 11.5 Å². The quantitative estimate of drug-likeness (QED) is 0.348. The molecular weight excluding hydrogens is 583 g/mol. The van der Waals surface area contributed by atoms with Crippen molar-refractivity contribution < 1.29 is 40.3 Å². The van der Waals surface area contributed by atoms with Crippen LogP contribution in [0.25, 0.3) is 11.1 Å². The Bertz CT molecular complexity index is 1630. The van der Waals surface area contributed by atoms with Crippen LogP contribution < -0.4 is 5.56 Å². The van der Waals surface area contributed by atoms with Crippen molar-refractivity contribution in [3.05, 3.63) is 92.1 Å². The maximum atomic E-state index is 14.2. The zero-order valence-corrected chi connectivity index (χ0v) is 23.1. The van der Waals surface area contributed by atoms with E-state index in [4.69, 9.17) is 0 Å². The van der Waals surface area contributed by atoms with Gasteiger partial charge in [-0.2, -0.15) is 26.3 Å². The number of hydrogen-bond donors (Lipinski definition) is 0. The largest absolute Gasteiger partial charge is 0.416 e. The molecule has 2 aromatic carbocycles. The van der Waals surface area contributed by atoms with Crippen molar-refractivity contribution in [2.75, 3.05) is 13.1 Å². The van der Waals surface area contributed by atoms with Crippen LogP contribution >= 0.6 is 0 Å². The number of carbonyl (C=O) groups excluding carboxylic acids is 2. The Morgan fingerprint density at radius 2 is 1.51 bits per heavy atom. The number of nitrogens with zero attached hydrogens (tertiary/aromatic N) is 3. The third-order valence-electron chi connectivity index (χ3n) is 7.77. The van der Waals surface area contributed by atoms with E-state index in [-0.39, 0.29) is 55.8 Å². The highest BCUT2D eigenvalue weighted by molar-refractivity contribution is 6.00.